The molecule has 4 N–H and O–H groups in total. The van der Waals surface area contributed by atoms with Gasteiger partial charge >= 0.3 is 12.1 Å². The van der Waals surface area contributed by atoms with Gasteiger partial charge in [-0.3, -0.25) is 4.79 Å². The van der Waals surface area contributed by atoms with Crippen molar-refractivity contribution in [2.45, 2.75) is 31.9 Å². The summed E-state index contributed by atoms with van der Waals surface area (Å²) in [4.78, 5) is 34.5. The quantitative estimate of drug-likeness (QED) is 0.422. The Morgan fingerprint density at radius 2 is 1.88 bits per heavy atom. The summed E-state index contributed by atoms with van der Waals surface area (Å²) in [5.41, 5.74) is 6.13. The third kappa shape index (κ3) is 8.71. The summed E-state index contributed by atoms with van der Waals surface area (Å²) in [5.74, 6) is -0.935. The van der Waals surface area contributed by atoms with Gasteiger partial charge in [0.1, 0.15) is 12.6 Å². The molecule has 0 saturated heterocycles. The van der Waals surface area contributed by atoms with Gasteiger partial charge in [-0.1, -0.05) is 30.3 Å². The number of alkyl carbamates (subject to hydrolysis) is 1. The highest BCUT2D eigenvalue weighted by Crippen LogP contribution is 2.03. The summed E-state index contributed by atoms with van der Waals surface area (Å²) >= 11 is 0. The maximum atomic E-state index is 11.6. The van der Waals surface area contributed by atoms with Crippen LogP contribution >= 0.6 is 0 Å². The van der Waals surface area contributed by atoms with Gasteiger partial charge in [0, 0.05) is 6.54 Å². The van der Waals surface area contributed by atoms with Gasteiger partial charge in [0.15, 0.2) is 0 Å². The lowest BCUT2D eigenvalue weighted by Gasteiger charge is -2.16. The fraction of sp³-hybridized carbons (Fsp3) is 0.471. The van der Waals surface area contributed by atoms with Crippen LogP contribution in [0.15, 0.2) is 30.3 Å². The first kappa shape index (κ1) is 20.4. The summed E-state index contributed by atoms with van der Waals surface area (Å²) in [6, 6.07) is 8.65. The molecule has 1 atom stereocenters. The molecule has 8 nitrogen and oxygen atoms in total. The van der Waals surface area contributed by atoms with Crippen LogP contribution in [0.5, 0.6) is 0 Å². The minimum absolute atomic E-state index is 0.192. The van der Waals surface area contributed by atoms with Crippen molar-refractivity contribution in [3.05, 3.63) is 35.9 Å². The molecule has 1 aromatic carbocycles. The van der Waals surface area contributed by atoms with E-state index in [9.17, 15) is 14.4 Å². The zero-order chi connectivity index (χ0) is 18.5. The number of nitrogens with two attached hydrogens (primary N) is 1. The van der Waals surface area contributed by atoms with Crippen LogP contribution in [0.3, 0.4) is 0 Å². The molecule has 0 radical (unpaired) electrons. The Bertz CT molecular complexity index is 550. The number of amides is 2. The highest BCUT2D eigenvalue weighted by Gasteiger charge is 2.20. The van der Waals surface area contributed by atoms with E-state index in [4.69, 9.17) is 10.5 Å². The third-order valence-electron chi connectivity index (χ3n) is 3.41. The van der Waals surface area contributed by atoms with Crippen LogP contribution in [0.4, 0.5) is 4.79 Å². The lowest BCUT2D eigenvalue weighted by molar-refractivity contribution is -0.145. The second-order valence-electron chi connectivity index (χ2n) is 5.33. The maximum Gasteiger partial charge on any atom is 0.407 e. The number of hydrogen-bond donors (Lipinski definition) is 3. The van der Waals surface area contributed by atoms with Crippen molar-refractivity contribution in [3.8, 4) is 0 Å². The largest absolute Gasteiger partial charge is 0.467 e. The Hall–Kier alpha value is -2.61. The first-order valence-corrected chi connectivity index (χ1v) is 8.08. The van der Waals surface area contributed by atoms with Crippen LogP contribution in [-0.4, -0.2) is 44.2 Å². The highest BCUT2D eigenvalue weighted by molar-refractivity contribution is 5.85. The van der Waals surface area contributed by atoms with Crippen LogP contribution in [0.1, 0.15) is 24.8 Å². The summed E-state index contributed by atoms with van der Waals surface area (Å²) in [7, 11) is 1.26. The number of methoxy groups -OCH3 is 1. The first-order chi connectivity index (χ1) is 12.1. The van der Waals surface area contributed by atoms with Crippen molar-refractivity contribution in [1.29, 1.82) is 0 Å². The van der Waals surface area contributed by atoms with E-state index in [1.165, 1.54) is 7.11 Å². The van der Waals surface area contributed by atoms with E-state index in [1.54, 1.807) is 0 Å². The molecule has 138 valence electrons. The zero-order valence-corrected chi connectivity index (χ0v) is 14.3. The molecule has 0 unspecified atom stereocenters. The topological polar surface area (TPSA) is 120 Å². The Balaban J connectivity index is 2.19. The van der Waals surface area contributed by atoms with Gasteiger partial charge < -0.3 is 25.8 Å². The SMILES string of the molecule is COC(=O)[C@H](CCCCNC(=O)OCc1ccccc1)NC(=O)CN. The van der Waals surface area contributed by atoms with E-state index in [-0.39, 0.29) is 13.2 Å². The van der Waals surface area contributed by atoms with E-state index in [2.05, 4.69) is 15.4 Å². The minimum Gasteiger partial charge on any atom is -0.467 e. The molecule has 0 spiro atoms. The zero-order valence-electron chi connectivity index (χ0n) is 14.3. The summed E-state index contributed by atoms with van der Waals surface area (Å²) in [5, 5.41) is 5.14. The van der Waals surface area contributed by atoms with Crippen LogP contribution in [0.25, 0.3) is 0 Å². The van der Waals surface area contributed by atoms with Crippen molar-refractivity contribution in [2.24, 2.45) is 5.73 Å². The second-order valence-corrected chi connectivity index (χ2v) is 5.33. The van der Waals surface area contributed by atoms with Crippen LogP contribution in [0.2, 0.25) is 0 Å². The second kappa shape index (κ2) is 11.9. The fourth-order valence-electron chi connectivity index (χ4n) is 2.08. The number of carbonyl (C=O) groups excluding carboxylic acids is 3. The lowest BCUT2D eigenvalue weighted by Crippen LogP contribution is -2.44. The van der Waals surface area contributed by atoms with Crippen molar-refractivity contribution in [3.63, 3.8) is 0 Å². The molecule has 0 heterocycles. The van der Waals surface area contributed by atoms with E-state index in [1.807, 2.05) is 30.3 Å². The average molecular weight is 351 g/mol. The van der Waals surface area contributed by atoms with Gasteiger partial charge in [0.2, 0.25) is 5.91 Å². The summed E-state index contributed by atoms with van der Waals surface area (Å²) in [6.45, 7) is 0.427. The van der Waals surface area contributed by atoms with Gasteiger partial charge in [-0.05, 0) is 24.8 Å². The molecule has 0 aliphatic rings. The van der Waals surface area contributed by atoms with Gasteiger partial charge in [-0.2, -0.15) is 0 Å². The smallest absolute Gasteiger partial charge is 0.407 e. The normalized spacial score (nSPS) is 11.3. The predicted octanol–water partition coefficient (Wildman–Crippen LogP) is 0.700. The molecular weight excluding hydrogens is 326 g/mol. The molecule has 0 aliphatic heterocycles. The third-order valence-corrected chi connectivity index (χ3v) is 3.41. The number of nitrogens with one attached hydrogen (secondary N) is 2. The number of rotatable bonds is 10. The highest BCUT2D eigenvalue weighted by atomic mass is 16.5. The number of benzene rings is 1. The Labute approximate surface area is 147 Å². The molecule has 0 bridgehead atoms. The number of carbonyl (C=O) groups is 3. The lowest BCUT2D eigenvalue weighted by atomic mass is 10.1. The molecular formula is C17H25N3O5. The first-order valence-electron chi connectivity index (χ1n) is 8.08. The molecule has 0 aliphatic carbocycles. The van der Waals surface area contributed by atoms with Crippen molar-refractivity contribution < 1.29 is 23.9 Å². The van der Waals surface area contributed by atoms with Gasteiger partial charge in [0.25, 0.3) is 0 Å². The monoisotopic (exact) mass is 351 g/mol. The summed E-state index contributed by atoms with van der Waals surface area (Å²) < 4.78 is 9.73. The van der Waals surface area contributed by atoms with Crippen LogP contribution in [-0.2, 0) is 25.7 Å². The molecule has 1 rings (SSSR count). The number of hydrogen-bond acceptors (Lipinski definition) is 6. The van der Waals surface area contributed by atoms with Gasteiger partial charge in [0.05, 0.1) is 13.7 Å². The fourth-order valence-corrected chi connectivity index (χ4v) is 2.08. The van der Waals surface area contributed by atoms with Crippen LogP contribution < -0.4 is 16.4 Å². The van der Waals surface area contributed by atoms with Crippen molar-refractivity contribution in [1.82, 2.24) is 10.6 Å². The number of esters is 1. The van der Waals surface area contributed by atoms with Crippen LogP contribution in [0, 0.1) is 0 Å². The molecule has 2 amide bonds. The van der Waals surface area contributed by atoms with E-state index in [0.717, 1.165) is 5.56 Å². The van der Waals surface area contributed by atoms with E-state index < -0.39 is 24.0 Å². The molecule has 8 heteroatoms. The molecule has 0 fully saturated rings. The predicted molar refractivity (Wildman–Crippen MR) is 91.5 cm³/mol. The Kier molecular flexibility index (Phi) is 9.69. The Morgan fingerprint density at radius 1 is 1.16 bits per heavy atom. The minimum atomic E-state index is -0.730. The van der Waals surface area contributed by atoms with Crippen molar-refractivity contribution >= 4 is 18.0 Å². The van der Waals surface area contributed by atoms with Gasteiger partial charge in [-0.25, -0.2) is 9.59 Å². The van der Waals surface area contributed by atoms with E-state index in [0.29, 0.717) is 25.8 Å². The molecule has 1 aromatic rings. The number of ether oxygens (including phenoxy) is 2. The standard InChI is InChI=1S/C17H25N3O5/c1-24-16(22)14(20-15(21)11-18)9-5-6-10-19-17(23)25-12-13-7-3-2-4-8-13/h2-4,7-8,14H,5-6,9-12,18H2,1H3,(H,19,23)(H,20,21)/t14-/m0/s1. The van der Waals surface area contributed by atoms with Crippen molar-refractivity contribution in [2.75, 3.05) is 20.2 Å². The number of unbranched alkanes of at least 4 members (excludes halogenated alkanes) is 1. The molecule has 0 saturated carbocycles. The Morgan fingerprint density at radius 3 is 2.52 bits per heavy atom. The van der Waals surface area contributed by atoms with Gasteiger partial charge in [-0.15, -0.1) is 0 Å². The maximum absolute atomic E-state index is 11.6. The molecule has 0 aromatic heterocycles. The van der Waals surface area contributed by atoms with E-state index >= 15 is 0 Å². The average Bonchev–Trinajstić information content (AvgIpc) is 2.65. The summed E-state index contributed by atoms with van der Waals surface area (Å²) in [6.07, 6.45) is 1.15. The molecule has 25 heavy (non-hydrogen) atoms.